The number of ether oxygens (including phenoxy) is 1. The lowest BCUT2D eigenvalue weighted by Crippen LogP contribution is -1.98. The van der Waals surface area contributed by atoms with Gasteiger partial charge in [-0.15, -0.1) is 0 Å². The van der Waals surface area contributed by atoms with E-state index in [9.17, 15) is 8.42 Å². The van der Waals surface area contributed by atoms with Crippen molar-refractivity contribution >= 4 is 10.1 Å². The minimum absolute atomic E-state index is 0.166. The Morgan fingerprint density at radius 3 is 2.31 bits per heavy atom. The van der Waals surface area contributed by atoms with E-state index in [0.29, 0.717) is 11.5 Å². The summed E-state index contributed by atoms with van der Waals surface area (Å²) in [6.07, 6.45) is 3.26. The third kappa shape index (κ3) is 3.22. The Labute approximate surface area is 94.6 Å². The van der Waals surface area contributed by atoms with E-state index in [1.54, 1.807) is 13.0 Å². The maximum absolute atomic E-state index is 10.8. The van der Waals surface area contributed by atoms with Gasteiger partial charge in [-0.1, -0.05) is 6.58 Å². The lowest BCUT2D eigenvalue weighted by Gasteiger charge is -2.05. The minimum atomic E-state index is -4.15. The summed E-state index contributed by atoms with van der Waals surface area (Å²) in [5.74, 6) is 1.04. The van der Waals surface area contributed by atoms with Gasteiger partial charge in [0.05, 0.1) is 4.90 Å². The fourth-order valence-electron chi connectivity index (χ4n) is 1.03. The Bertz CT molecular complexity index is 497. The monoisotopic (exact) mass is 240 g/mol. The van der Waals surface area contributed by atoms with Crippen molar-refractivity contribution in [1.82, 2.24) is 0 Å². The van der Waals surface area contributed by atoms with Gasteiger partial charge in [-0.3, -0.25) is 4.55 Å². The molecule has 16 heavy (non-hydrogen) atoms. The molecule has 0 saturated heterocycles. The molecular formula is C11H12O4S. The largest absolute Gasteiger partial charge is 0.458 e. The molecule has 0 bridgehead atoms. The van der Waals surface area contributed by atoms with Crippen LogP contribution in [0.15, 0.2) is 53.7 Å². The molecule has 0 aliphatic heterocycles. The second-order valence-corrected chi connectivity index (χ2v) is 4.37. The van der Waals surface area contributed by atoms with Gasteiger partial charge in [0.1, 0.15) is 11.5 Å². The highest BCUT2D eigenvalue weighted by molar-refractivity contribution is 7.85. The molecule has 1 rings (SSSR count). The van der Waals surface area contributed by atoms with Crippen molar-refractivity contribution in [3.8, 4) is 5.75 Å². The van der Waals surface area contributed by atoms with Gasteiger partial charge in [-0.05, 0) is 43.3 Å². The molecule has 0 heterocycles. The maximum Gasteiger partial charge on any atom is 0.294 e. The zero-order valence-corrected chi connectivity index (χ0v) is 9.57. The summed E-state index contributed by atoms with van der Waals surface area (Å²) in [4.78, 5) is -0.166. The summed E-state index contributed by atoms with van der Waals surface area (Å²) >= 11 is 0. The van der Waals surface area contributed by atoms with Gasteiger partial charge < -0.3 is 4.74 Å². The van der Waals surface area contributed by atoms with E-state index in [1.807, 2.05) is 0 Å². The average molecular weight is 240 g/mol. The van der Waals surface area contributed by atoms with Crippen LogP contribution in [0.1, 0.15) is 6.92 Å². The van der Waals surface area contributed by atoms with Crippen molar-refractivity contribution < 1.29 is 17.7 Å². The smallest absolute Gasteiger partial charge is 0.294 e. The number of benzene rings is 1. The van der Waals surface area contributed by atoms with Crippen LogP contribution < -0.4 is 4.74 Å². The Kier molecular flexibility index (Phi) is 3.87. The Morgan fingerprint density at radius 2 is 1.94 bits per heavy atom. The van der Waals surface area contributed by atoms with Crippen molar-refractivity contribution in [2.24, 2.45) is 0 Å². The molecule has 0 aliphatic rings. The van der Waals surface area contributed by atoms with Gasteiger partial charge >= 0.3 is 0 Å². The van der Waals surface area contributed by atoms with E-state index in [0.717, 1.165) is 0 Å². The molecule has 1 aromatic carbocycles. The number of allylic oxidation sites excluding steroid dienone is 2. The summed E-state index contributed by atoms with van der Waals surface area (Å²) < 4.78 is 35.6. The molecule has 0 spiro atoms. The third-order valence-electron chi connectivity index (χ3n) is 1.84. The van der Waals surface area contributed by atoms with Crippen LogP contribution in [0, 0.1) is 0 Å². The van der Waals surface area contributed by atoms with Crippen molar-refractivity contribution in [1.29, 1.82) is 0 Å². The first kappa shape index (κ1) is 12.5. The van der Waals surface area contributed by atoms with Crippen LogP contribution in [0.4, 0.5) is 0 Å². The highest BCUT2D eigenvalue weighted by atomic mass is 32.2. The maximum atomic E-state index is 10.8. The standard InChI is InChI=1S/C11H12O4S/c1-3-9(4-2)15-10-5-7-11(8-6-10)16(12,13)14/h3-8H,1H2,2H3,(H,12,13,14)/b9-4-. The normalized spacial score (nSPS) is 12.2. The molecule has 4 nitrogen and oxygen atoms in total. The zero-order valence-electron chi connectivity index (χ0n) is 8.75. The summed E-state index contributed by atoms with van der Waals surface area (Å²) in [6.45, 7) is 5.35. The lowest BCUT2D eigenvalue weighted by atomic mass is 10.3. The molecule has 1 aromatic rings. The molecule has 0 amide bonds. The first-order valence-corrected chi connectivity index (χ1v) is 5.95. The van der Waals surface area contributed by atoms with E-state index in [-0.39, 0.29) is 4.90 Å². The SMILES string of the molecule is C=C/C(=C/C)Oc1ccc(S(=O)(=O)O)cc1. The number of hydrogen-bond donors (Lipinski definition) is 1. The molecule has 0 radical (unpaired) electrons. The second-order valence-electron chi connectivity index (χ2n) is 2.94. The van der Waals surface area contributed by atoms with Gasteiger partial charge in [0.25, 0.3) is 10.1 Å². The third-order valence-corrected chi connectivity index (χ3v) is 2.71. The number of rotatable bonds is 4. The van der Waals surface area contributed by atoms with Crippen molar-refractivity contribution in [2.75, 3.05) is 0 Å². The van der Waals surface area contributed by atoms with Crippen LogP contribution in [0.3, 0.4) is 0 Å². The van der Waals surface area contributed by atoms with Gasteiger partial charge in [0.15, 0.2) is 0 Å². The highest BCUT2D eigenvalue weighted by Gasteiger charge is 2.08. The Morgan fingerprint density at radius 1 is 1.38 bits per heavy atom. The molecule has 1 N–H and O–H groups in total. The quantitative estimate of drug-likeness (QED) is 0.498. The predicted molar refractivity (Wildman–Crippen MR) is 60.8 cm³/mol. The van der Waals surface area contributed by atoms with Gasteiger partial charge in [-0.2, -0.15) is 8.42 Å². The van der Waals surface area contributed by atoms with Crippen LogP contribution in [-0.2, 0) is 10.1 Å². The molecule has 86 valence electrons. The van der Waals surface area contributed by atoms with Crippen molar-refractivity contribution in [2.45, 2.75) is 11.8 Å². The van der Waals surface area contributed by atoms with Gasteiger partial charge in [0.2, 0.25) is 0 Å². The molecule has 0 fully saturated rings. The first-order valence-electron chi connectivity index (χ1n) is 4.51. The highest BCUT2D eigenvalue weighted by Crippen LogP contribution is 2.17. The van der Waals surface area contributed by atoms with Crippen LogP contribution in [0.25, 0.3) is 0 Å². The fourth-order valence-corrected chi connectivity index (χ4v) is 1.51. The van der Waals surface area contributed by atoms with Crippen molar-refractivity contribution in [3.05, 3.63) is 48.8 Å². The van der Waals surface area contributed by atoms with Crippen LogP contribution in [0.5, 0.6) is 5.75 Å². The fraction of sp³-hybridized carbons (Fsp3) is 0.0909. The van der Waals surface area contributed by atoms with E-state index >= 15 is 0 Å². The summed E-state index contributed by atoms with van der Waals surface area (Å²) in [5.41, 5.74) is 0. The Balaban J connectivity index is 2.92. The number of hydrogen-bond acceptors (Lipinski definition) is 3. The molecule has 0 unspecified atom stereocenters. The summed E-state index contributed by atoms with van der Waals surface area (Å²) in [5, 5.41) is 0. The molecule has 0 saturated carbocycles. The van der Waals surface area contributed by atoms with E-state index in [4.69, 9.17) is 9.29 Å². The van der Waals surface area contributed by atoms with Crippen LogP contribution in [0.2, 0.25) is 0 Å². The average Bonchev–Trinajstić information content (AvgIpc) is 2.25. The van der Waals surface area contributed by atoms with Crippen LogP contribution >= 0.6 is 0 Å². The summed E-state index contributed by atoms with van der Waals surface area (Å²) in [6, 6.07) is 5.44. The first-order chi connectivity index (χ1) is 7.47. The lowest BCUT2D eigenvalue weighted by molar-refractivity contribution is 0.443. The Hall–Kier alpha value is -1.59. The predicted octanol–water partition coefficient (Wildman–Crippen LogP) is 2.40. The zero-order chi connectivity index (χ0) is 12.2. The van der Waals surface area contributed by atoms with Crippen molar-refractivity contribution in [3.63, 3.8) is 0 Å². The second kappa shape index (κ2) is 4.96. The van der Waals surface area contributed by atoms with E-state index in [1.165, 1.54) is 30.3 Å². The van der Waals surface area contributed by atoms with E-state index in [2.05, 4.69) is 6.58 Å². The molecule has 0 aliphatic carbocycles. The van der Waals surface area contributed by atoms with Gasteiger partial charge in [-0.25, -0.2) is 0 Å². The summed E-state index contributed by atoms with van der Waals surface area (Å²) in [7, 11) is -4.15. The molecule has 0 atom stereocenters. The molecule has 5 heteroatoms. The minimum Gasteiger partial charge on any atom is -0.458 e. The van der Waals surface area contributed by atoms with Gasteiger partial charge in [0, 0.05) is 0 Å². The molecule has 0 aromatic heterocycles. The molecular weight excluding hydrogens is 228 g/mol. The van der Waals surface area contributed by atoms with Crippen LogP contribution in [-0.4, -0.2) is 13.0 Å². The van der Waals surface area contributed by atoms with E-state index < -0.39 is 10.1 Å². The topological polar surface area (TPSA) is 63.6 Å².